The summed E-state index contributed by atoms with van der Waals surface area (Å²) in [7, 11) is -4.18. The molecule has 0 bridgehead atoms. The molecular formula is C23H29N5O3S. The van der Waals surface area contributed by atoms with Crippen molar-refractivity contribution in [3.05, 3.63) is 47.7 Å². The summed E-state index contributed by atoms with van der Waals surface area (Å²) in [5.41, 5.74) is 6.35. The van der Waals surface area contributed by atoms with Gasteiger partial charge in [-0.05, 0) is 75.3 Å². The number of hydrogen-bond acceptors (Lipinski definition) is 7. The number of carbonyl (C=O) groups excluding carboxylic acids is 1. The van der Waals surface area contributed by atoms with Crippen LogP contribution in [0.25, 0.3) is 6.08 Å². The maximum Gasteiger partial charge on any atom is 0.281 e. The van der Waals surface area contributed by atoms with Crippen LogP contribution in [-0.4, -0.2) is 36.4 Å². The minimum Gasteiger partial charge on any atom is -0.384 e. The molecule has 1 amide bonds. The topological polar surface area (TPSA) is 118 Å². The Morgan fingerprint density at radius 2 is 1.97 bits per heavy atom. The van der Waals surface area contributed by atoms with E-state index in [1.54, 1.807) is 12.1 Å². The van der Waals surface area contributed by atoms with Crippen LogP contribution in [0.3, 0.4) is 0 Å². The molecule has 1 aliphatic heterocycles. The summed E-state index contributed by atoms with van der Waals surface area (Å²) in [5.74, 6) is 0.827. The van der Waals surface area contributed by atoms with Crippen LogP contribution in [-0.2, 0) is 10.0 Å². The van der Waals surface area contributed by atoms with Gasteiger partial charge >= 0.3 is 0 Å². The van der Waals surface area contributed by atoms with E-state index >= 15 is 0 Å². The van der Waals surface area contributed by atoms with Crippen molar-refractivity contribution in [1.29, 1.82) is 0 Å². The summed E-state index contributed by atoms with van der Waals surface area (Å²) in [6.45, 7) is 7.12. The van der Waals surface area contributed by atoms with Crippen molar-refractivity contribution >= 4 is 33.6 Å². The molecule has 170 valence electrons. The average Bonchev–Trinajstić information content (AvgIpc) is 3.49. The Bertz CT molecular complexity index is 1170. The maximum absolute atomic E-state index is 13.1. The van der Waals surface area contributed by atoms with E-state index in [0.717, 1.165) is 18.7 Å². The van der Waals surface area contributed by atoms with E-state index in [2.05, 4.69) is 41.5 Å². The Kier molecular flexibility index (Phi) is 5.70. The highest BCUT2D eigenvalue weighted by Gasteiger charge is 2.39. The van der Waals surface area contributed by atoms with Gasteiger partial charge in [-0.25, -0.2) is 14.7 Å². The quantitative estimate of drug-likeness (QED) is 0.686. The number of carbonyl (C=O) groups is 1. The summed E-state index contributed by atoms with van der Waals surface area (Å²) in [6, 6.07) is 7.64. The van der Waals surface area contributed by atoms with Gasteiger partial charge in [0.05, 0.1) is 11.3 Å². The zero-order chi connectivity index (χ0) is 23.1. The lowest BCUT2D eigenvalue weighted by Crippen LogP contribution is -2.41. The number of anilines is 2. The monoisotopic (exact) mass is 455 g/mol. The molecule has 3 heterocycles. The molecule has 1 saturated heterocycles. The number of aromatic nitrogens is 2. The molecule has 1 atom stereocenters. The van der Waals surface area contributed by atoms with Crippen molar-refractivity contribution in [3.8, 4) is 0 Å². The molecule has 0 aromatic carbocycles. The molecule has 1 saturated carbocycles. The largest absolute Gasteiger partial charge is 0.384 e. The number of nitrogens with zero attached hydrogens (tertiary/aromatic N) is 3. The van der Waals surface area contributed by atoms with Crippen LogP contribution in [0.4, 0.5) is 11.6 Å². The van der Waals surface area contributed by atoms with Crippen LogP contribution in [0.5, 0.6) is 0 Å². The molecule has 32 heavy (non-hydrogen) atoms. The van der Waals surface area contributed by atoms with E-state index in [0.29, 0.717) is 17.7 Å². The first kappa shape index (κ1) is 22.3. The second-order valence-corrected chi connectivity index (χ2v) is 11.0. The predicted molar refractivity (Wildman–Crippen MR) is 125 cm³/mol. The molecule has 2 aromatic heterocycles. The van der Waals surface area contributed by atoms with Crippen LogP contribution >= 0.6 is 0 Å². The predicted octanol–water partition coefficient (Wildman–Crippen LogP) is 3.23. The smallest absolute Gasteiger partial charge is 0.281 e. The SMILES string of the molecule is C[C@@H]1CN(c2nc(C=CC3CC3)ccc2C(=O)NS(=O)(=O)c2cccc(N)n2)C(C)(C)C1. The van der Waals surface area contributed by atoms with Crippen molar-refractivity contribution in [3.63, 3.8) is 0 Å². The lowest BCUT2D eigenvalue weighted by molar-refractivity contribution is 0.0981. The van der Waals surface area contributed by atoms with Crippen molar-refractivity contribution in [2.75, 3.05) is 17.2 Å². The van der Waals surface area contributed by atoms with E-state index in [9.17, 15) is 13.2 Å². The molecule has 2 aliphatic rings. The fourth-order valence-corrected chi connectivity index (χ4v) is 5.17. The zero-order valence-electron chi connectivity index (χ0n) is 18.6. The van der Waals surface area contributed by atoms with E-state index in [1.807, 2.05) is 6.08 Å². The van der Waals surface area contributed by atoms with Crippen molar-refractivity contribution in [2.24, 2.45) is 11.8 Å². The minimum absolute atomic E-state index is 0.0577. The van der Waals surface area contributed by atoms with Gasteiger partial charge in [0.15, 0.2) is 5.03 Å². The zero-order valence-corrected chi connectivity index (χ0v) is 19.4. The molecule has 0 radical (unpaired) electrons. The summed E-state index contributed by atoms with van der Waals surface area (Å²) in [6.07, 6.45) is 7.44. The fraction of sp³-hybridized carbons (Fsp3) is 0.435. The van der Waals surface area contributed by atoms with E-state index in [-0.39, 0.29) is 21.9 Å². The lowest BCUT2D eigenvalue weighted by Gasteiger charge is -2.34. The second kappa shape index (κ2) is 8.20. The van der Waals surface area contributed by atoms with Gasteiger partial charge in [0.1, 0.15) is 11.6 Å². The molecule has 2 aromatic rings. The van der Waals surface area contributed by atoms with Crippen LogP contribution in [0.2, 0.25) is 0 Å². The number of nitrogens with one attached hydrogen (secondary N) is 1. The minimum atomic E-state index is -4.18. The lowest BCUT2D eigenvalue weighted by atomic mass is 9.97. The third-order valence-electron chi connectivity index (χ3n) is 5.88. The van der Waals surface area contributed by atoms with Gasteiger partial charge in [-0.2, -0.15) is 8.42 Å². The first-order valence-electron chi connectivity index (χ1n) is 10.8. The number of rotatable bonds is 6. The van der Waals surface area contributed by atoms with Crippen molar-refractivity contribution < 1.29 is 13.2 Å². The van der Waals surface area contributed by atoms with Crippen LogP contribution < -0.4 is 15.4 Å². The molecule has 9 heteroatoms. The first-order valence-corrected chi connectivity index (χ1v) is 12.3. The first-order chi connectivity index (χ1) is 15.0. The standard InChI is InChI=1S/C23H29N5O3S/c1-15-13-23(2,3)28(14-15)21-18(12-11-17(25-21)10-9-16-7-8-16)22(29)27-32(30,31)20-6-4-5-19(24)26-20/h4-6,9-12,15-16H,7-8,13-14H2,1-3H3,(H2,24,26)(H,27,29)/t15-/m0/s1. The number of nitrogen functional groups attached to an aromatic ring is 1. The molecule has 0 unspecified atom stereocenters. The Morgan fingerprint density at radius 1 is 1.22 bits per heavy atom. The van der Waals surface area contributed by atoms with Crippen LogP contribution in [0, 0.1) is 11.8 Å². The Hall–Kier alpha value is -2.94. The molecule has 0 spiro atoms. The highest BCUT2D eigenvalue weighted by atomic mass is 32.2. The van der Waals surface area contributed by atoms with E-state index < -0.39 is 15.9 Å². The van der Waals surface area contributed by atoms with E-state index in [1.165, 1.54) is 31.0 Å². The molecular weight excluding hydrogens is 426 g/mol. The Labute approximate surface area is 189 Å². The van der Waals surface area contributed by atoms with Crippen LogP contribution in [0.1, 0.15) is 56.1 Å². The van der Waals surface area contributed by atoms with Gasteiger partial charge in [-0.1, -0.05) is 19.1 Å². The summed E-state index contributed by atoms with van der Waals surface area (Å²) < 4.78 is 27.6. The third kappa shape index (κ3) is 4.77. The number of nitrogens with two attached hydrogens (primary N) is 1. The number of allylic oxidation sites excluding steroid dienone is 1. The molecule has 4 rings (SSSR count). The van der Waals surface area contributed by atoms with Crippen molar-refractivity contribution in [2.45, 2.75) is 50.6 Å². The second-order valence-electron chi connectivity index (χ2n) is 9.37. The Morgan fingerprint density at radius 3 is 2.59 bits per heavy atom. The molecule has 1 aliphatic carbocycles. The molecule has 2 fully saturated rings. The normalized spacial score (nSPS) is 20.6. The van der Waals surface area contributed by atoms with Crippen LogP contribution in [0.15, 0.2) is 41.4 Å². The fourth-order valence-electron chi connectivity index (χ4n) is 4.23. The van der Waals surface area contributed by atoms with Gasteiger partial charge in [-0.3, -0.25) is 4.79 Å². The summed E-state index contributed by atoms with van der Waals surface area (Å²) >= 11 is 0. The molecule has 8 nitrogen and oxygen atoms in total. The number of amides is 1. The number of pyridine rings is 2. The summed E-state index contributed by atoms with van der Waals surface area (Å²) in [4.78, 5) is 23.8. The Balaban J connectivity index is 1.69. The maximum atomic E-state index is 13.1. The number of hydrogen-bond donors (Lipinski definition) is 2. The molecule has 3 N–H and O–H groups in total. The summed E-state index contributed by atoms with van der Waals surface area (Å²) in [5, 5.41) is -0.306. The average molecular weight is 456 g/mol. The number of sulfonamides is 1. The van der Waals surface area contributed by atoms with Gasteiger partial charge in [0, 0.05) is 12.1 Å². The van der Waals surface area contributed by atoms with Gasteiger partial charge < -0.3 is 10.6 Å². The highest BCUT2D eigenvalue weighted by molar-refractivity contribution is 7.90. The van der Waals surface area contributed by atoms with Crippen molar-refractivity contribution in [1.82, 2.24) is 14.7 Å². The van der Waals surface area contributed by atoms with Gasteiger partial charge in [-0.15, -0.1) is 0 Å². The van der Waals surface area contributed by atoms with Gasteiger partial charge in [0.2, 0.25) is 0 Å². The highest BCUT2D eigenvalue weighted by Crippen LogP contribution is 2.38. The van der Waals surface area contributed by atoms with Gasteiger partial charge in [0.25, 0.3) is 15.9 Å². The third-order valence-corrected chi connectivity index (χ3v) is 7.11. The van der Waals surface area contributed by atoms with E-state index in [4.69, 9.17) is 10.7 Å².